The van der Waals surface area contributed by atoms with Crippen LogP contribution in [0.3, 0.4) is 0 Å². The number of nitrogens with zero attached hydrogens (tertiary/aromatic N) is 16. The highest BCUT2D eigenvalue weighted by Gasteiger charge is 2.32. The van der Waals surface area contributed by atoms with Crippen molar-refractivity contribution in [1.82, 2.24) is 78.1 Å². The number of anilines is 4. The number of nitrogens with one attached hydrogen (secondary N) is 4. The lowest BCUT2D eigenvalue weighted by atomic mass is 9.89. The molecule has 24 nitrogen and oxygen atoms in total. The maximum atomic E-state index is 13.6. The lowest BCUT2D eigenvalue weighted by Gasteiger charge is -2.23. The van der Waals surface area contributed by atoms with E-state index in [-0.39, 0.29) is 55.9 Å². The molecule has 20 rings (SSSR count). The van der Waals surface area contributed by atoms with Gasteiger partial charge in [0.1, 0.15) is 56.9 Å². The molecule has 8 aromatic heterocycles. The number of aliphatic hydroxyl groups excluding tert-OH is 2. The number of aromatic nitrogens is 16. The molecule has 40 heteroatoms. The van der Waals surface area contributed by atoms with Gasteiger partial charge in [0.15, 0.2) is 69.1 Å². The third kappa shape index (κ3) is 24.1. The van der Waals surface area contributed by atoms with Crippen molar-refractivity contribution in [2.24, 2.45) is 23.7 Å². The summed E-state index contributed by atoms with van der Waals surface area (Å²) < 4.78 is 115. The van der Waals surface area contributed by atoms with Crippen molar-refractivity contribution in [3.63, 3.8) is 0 Å². The predicted molar refractivity (Wildman–Crippen MR) is 539 cm³/mol. The van der Waals surface area contributed by atoms with E-state index >= 15 is 0 Å². The molecule has 4 aliphatic carbocycles. The first kappa shape index (κ1) is 102. The average Bonchev–Trinajstić information content (AvgIpc) is 1.63. The minimum Gasteiger partial charge on any atom is -0.508 e. The first-order valence-electron chi connectivity index (χ1n) is 46.8. The Morgan fingerprint density at radius 2 is 0.556 bits per heavy atom. The van der Waals surface area contributed by atoms with Crippen LogP contribution in [0.1, 0.15) is 162 Å². The molecule has 0 spiro atoms. The summed E-state index contributed by atoms with van der Waals surface area (Å²) in [6.07, 6.45) is 29.8. The predicted octanol–water partition coefficient (Wildman–Crippen LogP) is 27.5. The van der Waals surface area contributed by atoms with Gasteiger partial charge in [0.05, 0.1) is 100 Å². The first-order chi connectivity index (χ1) is 68.6. The van der Waals surface area contributed by atoms with Crippen LogP contribution in [0.2, 0.25) is 40.2 Å². The van der Waals surface area contributed by atoms with Crippen molar-refractivity contribution in [3.05, 3.63) is 266 Å². The third-order valence-electron chi connectivity index (χ3n) is 26.0. The molecule has 0 saturated heterocycles. The quantitative estimate of drug-likeness (QED) is 0.0234. The Bertz CT molecular complexity index is 7240. The van der Waals surface area contributed by atoms with Gasteiger partial charge in [-0.05, 0) is 199 Å². The molecule has 0 atom stereocenters. The molecule has 0 radical (unpaired) electrons. The van der Waals surface area contributed by atoms with Crippen LogP contribution in [0.15, 0.2) is 146 Å². The Hall–Kier alpha value is -11.6. The molecule has 8 N–H and O–H groups in total. The fourth-order valence-corrected chi connectivity index (χ4v) is 21.2. The maximum absolute atomic E-state index is 13.6. The normalized spacial score (nSPS) is 14.5. The van der Waals surface area contributed by atoms with Crippen LogP contribution < -0.4 is 21.3 Å². The summed E-state index contributed by atoms with van der Waals surface area (Å²) in [5.41, 5.74) is 10.3. The van der Waals surface area contributed by atoms with E-state index in [4.69, 9.17) is 128 Å². The summed E-state index contributed by atoms with van der Waals surface area (Å²) in [7, 11) is 0. The van der Waals surface area contributed by atoms with E-state index in [0.717, 1.165) is 99.9 Å². The molecule has 16 aromatic rings. The Labute approximate surface area is 851 Å². The van der Waals surface area contributed by atoms with Crippen LogP contribution in [0.5, 0.6) is 11.5 Å². The van der Waals surface area contributed by atoms with Crippen molar-refractivity contribution >= 4 is 161 Å². The molecule has 0 aliphatic heterocycles. The van der Waals surface area contributed by atoms with Crippen molar-refractivity contribution in [3.8, 4) is 57.1 Å². The van der Waals surface area contributed by atoms with Crippen LogP contribution in [0.25, 0.3) is 90.2 Å². The van der Waals surface area contributed by atoms with Crippen molar-refractivity contribution in [1.29, 1.82) is 0 Å². The molecule has 0 amide bonds. The van der Waals surface area contributed by atoms with E-state index in [2.05, 4.69) is 46.2 Å². The number of fused-ring (bicyclic) bond motifs is 4. The van der Waals surface area contributed by atoms with Crippen molar-refractivity contribution < 1.29 is 55.5 Å². The van der Waals surface area contributed by atoms with E-state index in [9.17, 15) is 55.5 Å². The molecule has 0 bridgehead atoms. The molecule has 740 valence electrons. The van der Waals surface area contributed by atoms with E-state index < -0.39 is 46.5 Å². The van der Waals surface area contributed by atoms with Crippen molar-refractivity contribution in [2.75, 3.05) is 21.3 Å². The van der Waals surface area contributed by atoms with Gasteiger partial charge in [0, 0.05) is 52.4 Å². The van der Waals surface area contributed by atoms with Gasteiger partial charge in [-0.15, -0.1) is 0 Å². The summed E-state index contributed by atoms with van der Waals surface area (Å²) in [6.45, 7) is 3.28. The molecule has 4 aliphatic rings. The number of rotatable bonds is 26. The highest BCUT2D eigenvalue weighted by Crippen LogP contribution is 2.46. The number of aliphatic hydroxyl groups is 2. The number of hydrogen-bond donors (Lipinski definition) is 8. The lowest BCUT2D eigenvalue weighted by Crippen LogP contribution is -2.16. The molecule has 8 heterocycles. The third-order valence-corrected chi connectivity index (χ3v) is 28.6. The van der Waals surface area contributed by atoms with Gasteiger partial charge in [-0.1, -0.05) is 200 Å². The highest BCUT2D eigenvalue weighted by molar-refractivity contribution is 6.41. The fraction of sp³-hybridized carbons (Fsp3) is 0.333. The zero-order valence-electron chi connectivity index (χ0n) is 76.4. The topological polar surface area (TPSA) is 303 Å². The largest absolute Gasteiger partial charge is 0.508 e. The van der Waals surface area contributed by atoms with Crippen LogP contribution in [-0.4, -0.2) is 98.5 Å². The molecule has 4 fully saturated rings. The van der Waals surface area contributed by atoms with E-state index in [0.29, 0.717) is 232 Å². The number of imidazole rings is 4. The van der Waals surface area contributed by atoms with Crippen LogP contribution in [-0.2, 0) is 65.6 Å². The summed E-state index contributed by atoms with van der Waals surface area (Å²) in [6, 6.07) is 27.6. The minimum atomic E-state index is -0.907. The summed E-state index contributed by atoms with van der Waals surface area (Å²) >= 11 is 52.4. The fourth-order valence-electron chi connectivity index (χ4n) is 18.7. The second kappa shape index (κ2) is 46.4. The monoisotopic (exact) mass is 2100 g/mol. The zero-order chi connectivity index (χ0) is 99.5. The SMILES string of the molecule is OCc1cc(Cl)c(-c2nc3cnc(NCc4ccc(F)c(F)c4)nc3n2CC2CCCCC2)c(Cl)c1.OCc1ccc(Cl)c(-c2nc3cnc(NCc4ccc(F)c(F)c4)nc3n2CC2CCCCC2)c1Cl.Oc1cc(Cl)c(-c2nc3cnc(NCc4ccc(F)c(F)c4)nc3n2CC2CCCCC2)c(Cl)c1.Oc1ccc(Cl)c(-c2nc3cnc(NCc4ccc(F)c(F)c4)nc3n2CC2CCCCC2)c1Cl. The van der Waals surface area contributed by atoms with Gasteiger partial charge in [-0.2, -0.15) is 19.9 Å². The lowest BCUT2D eigenvalue weighted by molar-refractivity contribution is 0.281. The Balaban J connectivity index is 0.000000130. The molecule has 0 unspecified atom stereocenters. The number of halogens is 16. The Kier molecular flexibility index (Phi) is 33.3. The van der Waals surface area contributed by atoms with Crippen molar-refractivity contribution in [2.45, 2.75) is 194 Å². The van der Waals surface area contributed by atoms with Crippen LogP contribution in [0, 0.1) is 70.2 Å². The highest BCUT2D eigenvalue weighted by atomic mass is 35.5. The molecule has 8 aromatic carbocycles. The second-order valence-electron chi connectivity index (χ2n) is 35.9. The molecule has 142 heavy (non-hydrogen) atoms. The number of benzene rings is 8. The summed E-state index contributed by atoms with van der Waals surface area (Å²) in [5.74, 6) is -1.85. The van der Waals surface area contributed by atoms with Gasteiger partial charge < -0.3 is 60.0 Å². The molecule has 4 saturated carbocycles. The number of phenolic OH excluding ortho intramolecular Hbond substituents is 2. The number of phenols is 2. The van der Waals surface area contributed by atoms with Gasteiger partial charge in [0.2, 0.25) is 23.8 Å². The molecular formula is C102H96Cl8F8N20O4. The number of hydrogen-bond acceptors (Lipinski definition) is 20. The van der Waals surface area contributed by atoms with E-state index in [1.807, 2.05) is 18.3 Å². The summed E-state index contributed by atoms with van der Waals surface area (Å²) in [4.78, 5) is 55.3. The van der Waals surface area contributed by atoms with Crippen LogP contribution >= 0.6 is 92.8 Å². The smallest absolute Gasteiger partial charge is 0.225 e. The molecular weight excluding hydrogens is 2000 g/mol. The second-order valence-corrected chi connectivity index (χ2v) is 39.1. The van der Waals surface area contributed by atoms with E-state index in [1.54, 1.807) is 55.1 Å². The average molecular weight is 2100 g/mol. The van der Waals surface area contributed by atoms with Gasteiger partial charge >= 0.3 is 0 Å². The first-order valence-corrected chi connectivity index (χ1v) is 49.9. The Morgan fingerprint density at radius 3 is 0.838 bits per heavy atom. The number of aromatic hydroxyl groups is 2. The Morgan fingerprint density at radius 1 is 0.282 bits per heavy atom. The van der Waals surface area contributed by atoms with Gasteiger partial charge in [0.25, 0.3) is 0 Å². The maximum Gasteiger partial charge on any atom is 0.225 e. The zero-order valence-corrected chi connectivity index (χ0v) is 82.4. The standard InChI is InChI=1S/2C26H25Cl2F2N5O.2C25H23Cl2F2N5O/c27-18-8-7-17(14-36)23(28)22(18)25-33-21-12-32-26(31-11-16-6-9-19(29)20(30)10-16)34-24(21)35(25)13-15-4-2-1-3-5-15;27-18-8-17(14-36)9-19(28)23(18)25-33-22-12-32-26(31-11-16-6-7-20(29)21(30)10-16)34-24(22)35(25)13-15-4-2-1-3-5-15;26-16-7-9-20(35)22(27)21(16)24-32-19-12-31-25(30-11-15-6-8-17(28)18(29)10-15)33-23(19)34(24)13-14-4-2-1-3-5-14;26-17-9-16(35)10-18(27)22(17)24-32-21-12-31-25(30-11-15-6-7-19(28)20(29)8-15)33-23(21)34(24)13-14-4-2-1-3-5-14/h2*6-10,12,15,36H,1-5,11,13-14H2,(H,31,32,34);2*6-10,12,14,35H,1-5,11,13H2,(H,30,31,33). The summed E-state index contributed by atoms with van der Waals surface area (Å²) in [5, 5.41) is 54.3. The minimum absolute atomic E-state index is 0.0257. The van der Waals surface area contributed by atoms with Gasteiger partial charge in [-0.3, -0.25) is 0 Å². The van der Waals surface area contributed by atoms with E-state index in [1.165, 1.54) is 120 Å². The van der Waals surface area contributed by atoms with Gasteiger partial charge in [-0.25, -0.2) is 75.0 Å². The van der Waals surface area contributed by atoms with Crippen LogP contribution in [0.4, 0.5) is 58.9 Å².